The molecule has 2 aliphatic carbocycles. The number of nitrogens with zero attached hydrogens (tertiary/aromatic N) is 1. The molecule has 1 aromatic heterocycles. The maximum atomic E-state index is 11.7. The second-order valence-corrected chi connectivity index (χ2v) is 13.8. The van der Waals surface area contributed by atoms with Gasteiger partial charge in [0, 0.05) is 81.4 Å². The minimum absolute atomic E-state index is 0.233. The van der Waals surface area contributed by atoms with Crippen molar-refractivity contribution in [1.29, 1.82) is 0 Å². The Bertz CT molecular complexity index is 1270. The topological polar surface area (TPSA) is 147 Å². The molecule has 5 rings (SSSR count). The van der Waals surface area contributed by atoms with Gasteiger partial charge in [-0.3, -0.25) is 4.90 Å². The van der Waals surface area contributed by atoms with Crippen LogP contribution in [0.1, 0.15) is 117 Å². The Morgan fingerprint density at radius 3 is 1.36 bits per heavy atom. The Morgan fingerprint density at radius 2 is 1.00 bits per heavy atom. The number of aliphatic carboxylic acids is 2. The third-order valence-electron chi connectivity index (χ3n) is 10.9. The van der Waals surface area contributed by atoms with Gasteiger partial charge in [-0.2, -0.15) is 0 Å². The van der Waals surface area contributed by atoms with Crippen molar-refractivity contribution in [2.45, 2.75) is 148 Å². The Labute approximate surface area is 280 Å². The molecule has 1 aliphatic heterocycles. The summed E-state index contributed by atoms with van der Waals surface area (Å²) in [5.74, 6) is -2.57. The molecule has 3 aliphatic rings. The van der Waals surface area contributed by atoms with Crippen molar-refractivity contribution in [2.24, 2.45) is 0 Å². The van der Waals surface area contributed by atoms with Crippen LogP contribution in [0.15, 0.2) is 12.1 Å². The fourth-order valence-corrected chi connectivity index (χ4v) is 8.63. The molecular formula is C37H56N6O4-2. The molecule has 0 saturated heterocycles. The van der Waals surface area contributed by atoms with Crippen molar-refractivity contribution in [2.75, 3.05) is 13.1 Å². The monoisotopic (exact) mass is 648 g/mol. The smallest absolute Gasteiger partial charge is 0.0555 e. The van der Waals surface area contributed by atoms with Crippen LogP contribution in [0.2, 0.25) is 0 Å². The molecule has 0 unspecified atom stereocenters. The summed E-state index contributed by atoms with van der Waals surface area (Å²) >= 11 is 0. The van der Waals surface area contributed by atoms with E-state index in [1.54, 1.807) is 0 Å². The molecule has 47 heavy (non-hydrogen) atoms. The summed E-state index contributed by atoms with van der Waals surface area (Å²) in [5.41, 5.74) is 9.87. The molecule has 2 fully saturated rings. The van der Waals surface area contributed by atoms with E-state index < -0.39 is 25.0 Å². The number of fused-ring (bicyclic) bond motifs is 6. The molecule has 0 amide bonds. The average molecular weight is 649 g/mol. The van der Waals surface area contributed by atoms with Gasteiger partial charge in [0.1, 0.15) is 0 Å². The van der Waals surface area contributed by atoms with Crippen LogP contribution in [-0.2, 0) is 61.6 Å². The predicted molar refractivity (Wildman–Crippen MR) is 180 cm³/mol. The largest absolute Gasteiger partial charge is 0.549 e. The third-order valence-corrected chi connectivity index (χ3v) is 10.9. The number of aromatic nitrogens is 1. The van der Waals surface area contributed by atoms with Gasteiger partial charge >= 0.3 is 0 Å². The summed E-state index contributed by atoms with van der Waals surface area (Å²) in [7, 11) is 0. The summed E-state index contributed by atoms with van der Waals surface area (Å²) in [6.45, 7) is 8.95. The molecule has 0 radical (unpaired) electrons. The van der Waals surface area contributed by atoms with Crippen LogP contribution in [0.4, 0.5) is 0 Å². The third kappa shape index (κ3) is 9.03. The Hall–Kier alpha value is -2.76. The number of benzene rings is 1. The number of carboxylic acids is 2. The van der Waals surface area contributed by atoms with Gasteiger partial charge in [0.2, 0.25) is 0 Å². The molecule has 2 saturated carbocycles. The van der Waals surface area contributed by atoms with Crippen LogP contribution in [0, 0.1) is 0 Å². The lowest BCUT2D eigenvalue weighted by molar-refractivity contribution is -0.310. The SMILES string of the molecule is CCc1c2c(CC)c(CN(CC(=O)[O-])CC(=O)[O-])c(CC)c1CN[C@@H]1CCCC[C@H]1NCc1ccc([nH]1)CN[C@@H]1CCCC[C@H]1NC2. The predicted octanol–water partition coefficient (Wildman–Crippen LogP) is 1.70. The van der Waals surface area contributed by atoms with E-state index in [1.807, 2.05) is 0 Å². The number of carbonyl (C=O) groups excluding carboxylic acids is 2. The van der Waals surface area contributed by atoms with Crippen molar-refractivity contribution in [3.63, 3.8) is 0 Å². The first-order valence-electron chi connectivity index (χ1n) is 18.2. The van der Waals surface area contributed by atoms with E-state index >= 15 is 0 Å². The number of rotatable bonds is 9. The van der Waals surface area contributed by atoms with Crippen LogP contribution in [0.5, 0.6) is 0 Å². The zero-order valence-corrected chi connectivity index (χ0v) is 28.8. The summed E-state index contributed by atoms with van der Waals surface area (Å²) in [5, 5.41) is 39.1. The number of aromatic amines is 1. The molecule has 2 heterocycles. The highest BCUT2D eigenvalue weighted by Crippen LogP contribution is 2.33. The summed E-state index contributed by atoms with van der Waals surface area (Å²) < 4.78 is 0. The highest BCUT2D eigenvalue weighted by molar-refractivity contribution is 5.70. The van der Waals surface area contributed by atoms with E-state index in [-0.39, 0.29) is 6.54 Å². The van der Waals surface area contributed by atoms with Crippen LogP contribution in [0.25, 0.3) is 0 Å². The van der Waals surface area contributed by atoms with Gasteiger partial charge in [0.25, 0.3) is 0 Å². The van der Waals surface area contributed by atoms with Gasteiger partial charge in [0.15, 0.2) is 0 Å². The van der Waals surface area contributed by atoms with E-state index in [0.717, 1.165) is 76.7 Å². The molecule has 1 aromatic carbocycles. The Balaban J connectivity index is 1.58. The lowest BCUT2D eigenvalue weighted by Crippen LogP contribution is -2.50. The highest BCUT2D eigenvalue weighted by Gasteiger charge is 2.29. The normalized spacial score (nSPS) is 24.2. The summed E-state index contributed by atoms with van der Waals surface area (Å²) in [4.78, 5) is 28.5. The fraction of sp³-hybridized carbons (Fsp3) is 0.676. The Morgan fingerprint density at radius 1 is 0.617 bits per heavy atom. The zero-order chi connectivity index (χ0) is 33.3. The number of hydrogen-bond acceptors (Lipinski definition) is 9. The second-order valence-electron chi connectivity index (χ2n) is 13.8. The molecule has 260 valence electrons. The minimum atomic E-state index is -1.29. The van der Waals surface area contributed by atoms with Gasteiger partial charge in [-0.25, -0.2) is 0 Å². The Kier molecular flexibility index (Phi) is 12.9. The maximum Gasteiger partial charge on any atom is 0.0555 e. The summed E-state index contributed by atoms with van der Waals surface area (Å²) in [6.07, 6.45) is 11.8. The van der Waals surface area contributed by atoms with E-state index in [0.29, 0.717) is 24.2 Å². The first kappa shape index (κ1) is 35.5. The van der Waals surface area contributed by atoms with Crippen molar-refractivity contribution in [3.05, 3.63) is 56.9 Å². The van der Waals surface area contributed by atoms with E-state index in [9.17, 15) is 19.8 Å². The van der Waals surface area contributed by atoms with Crippen molar-refractivity contribution in [1.82, 2.24) is 31.2 Å². The number of hydrogen-bond donors (Lipinski definition) is 5. The molecule has 0 spiro atoms. The van der Waals surface area contributed by atoms with Crippen molar-refractivity contribution < 1.29 is 19.8 Å². The lowest BCUT2D eigenvalue weighted by Gasteiger charge is -2.36. The van der Waals surface area contributed by atoms with Gasteiger partial charge in [-0.1, -0.05) is 46.5 Å². The zero-order valence-electron chi connectivity index (χ0n) is 28.8. The first-order chi connectivity index (χ1) is 22.8. The van der Waals surface area contributed by atoms with E-state index in [1.165, 1.54) is 69.8 Å². The van der Waals surface area contributed by atoms with E-state index in [2.05, 4.69) is 59.2 Å². The molecular weight excluding hydrogens is 592 g/mol. The number of carbonyl (C=O) groups is 2. The van der Waals surface area contributed by atoms with Crippen LogP contribution >= 0.6 is 0 Å². The van der Waals surface area contributed by atoms with Crippen molar-refractivity contribution in [3.8, 4) is 0 Å². The van der Waals surface area contributed by atoms with Crippen LogP contribution < -0.4 is 31.5 Å². The number of nitrogens with one attached hydrogen (secondary N) is 5. The molecule has 2 aromatic rings. The molecule has 4 bridgehead atoms. The number of H-pyrrole nitrogens is 1. The van der Waals surface area contributed by atoms with E-state index in [4.69, 9.17) is 0 Å². The van der Waals surface area contributed by atoms with Crippen LogP contribution in [0.3, 0.4) is 0 Å². The quantitative estimate of drug-likeness (QED) is 0.274. The van der Waals surface area contributed by atoms with Gasteiger partial charge in [0.05, 0.1) is 11.9 Å². The van der Waals surface area contributed by atoms with Crippen molar-refractivity contribution >= 4 is 11.9 Å². The minimum Gasteiger partial charge on any atom is -0.549 e. The molecule has 4 atom stereocenters. The molecule has 5 N–H and O–H groups in total. The van der Waals surface area contributed by atoms with Gasteiger partial charge in [-0.05, 0) is 90.5 Å². The standard InChI is InChI=1S/C37H58N6O4/c1-4-26-29-19-40-34-13-9-7-11-32(34)38-17-24-15-16-25(42-24)18-39-33-12-8-10-14-35(33)41-20-30(26)28(6-3)31(27(29)5-2)21-43(22-36(44)45)23-37(46)47/h15-16,32-35,38-42H,4-14,17-23H2,1-3H3,(H,44,45)(H,46,47)/p-2/t32-,33-,34-,35-/m1/s1. The molecule has 10 heteroatoms. The highest BCUT2D eigenvalue weighted by atomic mass is 16.4. The molecule has 10 nitrogen and oxygen atoms in total. The van der Waals surface area contributed by atoms with Gasteiger partial charge in [-0.15, -0.1) is 0 Å². The average Bonchev–Trinajstić information content (AvgIpc) is 3.51. The summed E-state index contributed by atoms with van der Waals surface area (Å²) in [6, 6.07) is 5.82. The maximum absolute atomic E-state index is 11.7. The van der Waals surface area contributed by atoms with Crippen LogP contribution in [-0.4, -0.2) is 59.1 Å². The first-order valence-corrected chi connectivity index (χ1v) is 18.2. The fourth-order valence-electron chi connectivity index (χ4n) is 8.63. The second kappa shape index (κ2) is 17.1. The van der Waals surface area contributed by atoms with Gasteiger partial charge < -0.3 is 46.1 Å². The lowest BCUT2D eigenvalue weighted by atomic mass is 9.82. The number of carboxylic acid groups (broad SMARTS) is 2.